The predicted molar refractivity (Wildman–Crippen MR) is 155 cm³/mol. The number of aromatic nitrogens is 3. The summed E-state index contributed by atoms with van der Waals surface area (Å²) < 4.78 is 13.4. The number of hydrogen-bond acceptors (Lipinski definition) is 6. The van der Waals surface area contributed by atoms with Gasteiger partial charge in [-0.05, 0) is 61.0 Å². The highest BCUT2D eigenvalue weighted by molar-refractivity contribution is 7.99. The van der Waals surface area contributed by atoms with Gasteiger partial charge in [-0.15, -0.1) is 10.2 Å². The molecule has 1 aromatic heterocycles. The number of ether oxygens (including phenoxy) is 2. The Labute approximate surface area is 231 Å². The molecule has 0 aliphatic carbocycles. The molecular formula is C31H28N4O3S. The van der Waals surface area contributed by atoms with Crippen LogP contribution in [0.25, 0.3) is 17.1 Å². The van der Waals surface area contributed by atoms with E-state index in [9.17, 15) is 4.79 Å². The highest BCUT2D eigenvalue weighted by Crippen LogP contribution is 2.33. The van der Waals surface area contributed by atoms with E-state index in [-0.39, 0.29) is 11.7 Å². The molecule has 5 rings (SSSR count). The number of para-hydroxylation sites is 1. The molecule has 4 aromatic carbocycles. The van der Waals surface area contributed by atoms with Crippen molar-refractivity contribution in [3.8, 4) is 28.6 Å². The van der Waals surface area contributed by atoms with Crippen molar-refractivity contribution in [2.24, 2.45) is 0 Å². The number of amides is 1. The number of nitrogens with one attached hydrogen (secondary N) is 1. The van der Waals surface area contributed by atoms with E-state index in [2.05, 4.69) is 15.5 Å². The first-order valence-electron chi connectivity index (χ1n) is 12.5. The Bertz CT molecular complexity index is 1530. The maximum atomic E-state index is 12.8. The molecule has 0 aliphatic heterocycles. The van der Waals surface area contributed by atoms with Gasteiger partial charge in [0.2, 0.25) is 5.91 Å². The van der Waals surface area contributed by atoms with Gasteiger partial charge in [0.15, 0.2) is 11.0 Å². The number of methoxy groups -OCH3 is 1. The second kappa shape index (κ2) is 12.3. The van der Waals surface area contributed by atoms with Crippen LogP contribution in [0, 0.1) is 6.92 Å². The van der Waals surface area contributed by atoms with Gasteiger partial charge in [-0.2, -0.15) is 0 Å². The quantitative estimate of drug-likeness (QED) is 0.204. The monoisotopic (exact) mass is 536 g/mol. The summed E-state index contributed by atoms with van der Waals surface area (Å²) in [4.78, 5) is 12.8. The Morgan fingerprint density at radius 2 is 1.59 bits per heavy atom. The lowest BCUT2D eigenvalue weighted by molar-refractivity contribution is -0.113. The molecule has 0 radical (unpaired) electrons. The van der Waals surface area contributed by atoms with Crippen LogP contribution in [0.2, 0.25) is 0 Å². The second-order valence-corrected chi connectivity index (χ2v) is 9.76. The third-order valence-corrected chi connectivity index (χ3v) is 6.92. The molecule has 1 heterocycles. The van der Waals surface area contributed by atoms with Crippen LogP contribution in [0.3, 0.4) is 0 Å². The van der Waals surface area contributed by atoms with E-state index in [1.807, 2.05) is 115 Å². The van der Waals surface area contributed by atoms with Crippen molar-refractivity contribution in [1.29, 1.82) is 0 Å². The van der Waals surface area contributed by atoms with Crippen LogP contribution in [0.15, 0.2) is 108 Å². The first-order chi connectivity index (χ1) is 19.1. The van der Waals surface area contributed by atoms with Crippen molar-refractivity contribution in [3.63, 3.8) is 0 Å². The molecular weight excluding hydrogens is 508 g/mol. The topological polar surface area (TPSA) is 78.3 Å². The Balaban J connectivity index is 1.27. The SMILES string of the molecule is COc1ccccc1-c1nnc(SCC(=O)Nc2ccc(OCc3ccccc3)cc2)n1-c1ccc(C)cc1. The van der Waals surface area contributed by atoms with E-state index >= 15 is 0 Å². The van der Waals surface area contributed by atoms with Gasteiger partial charge in [0.25, 0.3) is 0 Å². The number of aryl methyl sites for hydroxylation is 1. The minimum atomic E-state index is -0.143. The van der Waals surface area contributed by atoms with Crippen molar-refractivity contribution in [3.05, 3.63) is 114 Å². The van der Waals surface area contributed by atoms with Crippen molar-refractivity contribution in [2.75, 3.05) is 18.2 Å². The zero-order chi connectivity index (χ0) is 27.0. The summed E-state index contributed by atoms with van der Waals surface area (Å²) in [5.41, 5.74) is 4.66. The van der Waals surface area contributed by atoms with Gasteiger partial charge >= 0.3 is 0 Å². The van der Waals surface area contributed by atoms with Gasteiger partial charge < -0.3 is 14.8 Å². The number of nitrogens with zero attached hydrogens (tertiary/aromatic N) is 3. The molecule has 0 fully saturated rings. The zero-order valence-corrected chi connectivity index (χ0v) is 22.5. The van der Waals surface area contributed by atoms with E-state index in [1.165, 1.54) is 11.8 Å². The van der Waals surface area contributed by atoms with Crippen LogP contribution in [0.1, 0.15) is 11.1 Å². The molecule has 7 nitrogen and oxygen atoms in total. The Hall–Kier alpha value is -4.56. The van der Waals surface area contributed by atoms with E-state index < -0.39 is 0 Å². The van der Waals surface area contributed by atoms with Gasteiger partial charge in [0.05, 0.1) is 18.4 Å². The lowest BCUT2D eigenvalue weighted by Gasteiger charge is -2.13. The first-order valence-corrected chi connectivity index (χ1v) is 13.4. The summed E-state index contributed by atoms with van der Waals surface area (Å²) >= 11 is 1.32. The van der Waals surface area contributed by atoms with Gasteiger partial charge in [-0.25, -0.2) is 0 Å². The zero-order valence-electron chi connectivity index (χ0n) is 21.7. The predicted octanol–water partition coefficient (Wildman–Crippen LogP) is 6.56. The minimum absolute atomic E-state index is 0.143. The molecule has 5 aromatic rings. The molecule has 0 saturated carbocycles. The van der Waals surface area contributed by atoms with E-state index in [4.69, 9.17) is 9.47 Å². The number of hydrogen-bond donors (Lipinski definition) is 1. The smallest absolute Gasteiger partial charge is 0.234 e. The molecule has 0 saturated heterocycles. The third kappa shape index (κ3) is 6.48. The number of rotatable bonds is 10. The molecule has 0 unspecified atom stereocenters. The highest BCUT2D eigenvalue weighted by atomic mass is 32.2. The molecule has 0 spiro atoms. The fraction of sp³-hybridized carbons (Fsp3) is 0.129. The second-order valence-electron chi connectivity index (χ2n) is 8.81. The van der Waals surface area contributed by atoms with Crippen molar-refractivity contribution >= 4 is 23.4 Å². The van der Waals surface area contributed by atoms with Crippen molar-refractivity contribution < 1.29 is 14.3 Å². The number of benzene rings is 4. The van der Waals surface area contributed by atoms with Crippen LogP contribution in [0.4, 0.5) is 5.69 Å². The first kappa shape index (κ1) is 26.1. The standard InChI is InChI=1S/C31H28N4O3S/c1-22-12-16-25(17-13-22)35-30(27-10-6-7-11-28(27)37-2)33-34-31(35)39-21-29(36)32-24-14-18-26(19-15-24)38-20-23-8-4-3-5-9-23/h3-19H,20-21H2,1-2H3,(H,32,36). The number of anilines is 1. The molecule has 0 bridgehead atoms. The van der Waals surface area contributed by atoms with Gasteiger partial charge in [0.1, 0.15) is 18.1 Å². The van der Waals surface area contributed by atoms with Crippen LogP contribution in [-0.4, -0.2) is 33.5 Å². The fourth-order valence-corrected chi connectivity index (χ4v) is 4.75. The van der Waals surface area contributed by atoms with Crippen LogP contribution >= 0.6 is 11.8 Å². The molecule has 0 atom stereocenters. The van der Waals surface area contributed by atoms with Gasteiger partial charge in [0, 0.05) is 11.4 Å². The van der Waals surface area contributed by atoms with Crippen LogP contribution in [0.5, 0.6) is 11.5 Å². The molecule has 196 valence electrons. The van der Waals surface area contributed by atoms with Crippen LogP contribution < -0.4 is 14.8 Å². The summed E-state index contributed by atoms with van der Waals surface area (Å²) in [5, 5.41) is 12.5. The molecule has 8 heteroatoms. The van der Waals surface area contributed by atoms with Crippen LogP contribution in [-0.2, 0) is 11.4 Å². The molecule has 1 N–H and O–H groups in total. The summed E-state index contributed by atoms with van der Waals surface area (Å²) in [5.74, 6) is 2.10. The highest BCUT2D eigenvalue weighted by Gasteiger charge is 2.20. The number of carbonyl (C=O) groups is 1. The summed E-state index contributed by atoms with van der Waals surface area (Å²) in [6, 6.07) is 33.1. The Morgan fingerprint density at radius 1 is 0.872 bits per heavy atom. The fourth-order valence-electron chi connectivity index (χ4n) is 4.00. The number of carbonyl (C=O) groups excluding carboxylic acids is 1. The molecule has 0 aliphatic rings. The summed E-state index contributed by atoms with van der Waals surface area (Å²) in [7, 11) is 1.63. The molecule has 39 heavy (non-hydrogen) atoms. The maximum Gasteiger partial charge on any atom is 0.234 e. The Kier molecular flexibility index (Phi) is 8.23. The van der Waals surface area contributed by atoms with Crippen molar-refractivity contribution in [1.82, 2.24) is 14.8 Å². The van der Waals surface area contributed by atoms with Crippen molar-refractivity contribution in [2.45, 2.75) is 18.7 Å². The van der Waals surface area contributed by atoms with E-state index in [0.29, 0.717) is 29.0 Å². The largest absolute Gasteiger partial charge is 0.496 e. The van der Waals surface area contributed by atoms with E-state index in [0.717, 1.165) is 28.1 Å². The minimum Gasteiger partial charge on any atom is -0.496 e. The summed E-state index contributed by atoms with van der Waals surface area (Å²) in [6.45, 7) is 2.53. The number of thioether (sulfide) groups is 1. The Morgan fingerprint density at radius 3 is 2.33 bits per heavy atom. The normalized spacial score (nSPS) is 10.7. The average molecular weight is 537 g/mol. The van der Waals surface area contributed by atoms with Gasteiger partial charge in [-0.1, -0.05) is 71.9 Å². The van der Waals surface area contributed by atoms with E-state index in [1.54, 1.807) is 7.11 Å². The third-order valence-electron chi connectivity index (χ3n) is 5.99. The lowest BCUT2D eigenvalue weighted by Crippen LogP contribution is -2.14. The summed E-state index contributed by atoms with van der Waals surface area (Å²) in [6.07, 6.45) is 0. The molecule has 1 amide bonds. The maximum absolute atomic E-state index is 12.8. The average Bonchev–Trinajstić information content (AvgIpc) is 3.40. The lowest BCUT2D eigenvalue weighted by atomic mass is 10.1. The van der Waals surface area contributed by atoms with Gasteiger partial charge in [-0.3, -0.25) is 9.36 Å².